The van der Waals surface area contributed by atoms with Gasteiger partial charge in [0.05, 0.1) is 0 Å². The van der Waals surface area contributed by atoms with Gasteiger partial charge in [-0.2, -0.15) is 0 Å². The second-order valence-electron chi connectivity index (χ2n) is 30.9. The van der Waals surface area contributed by atoms with Crippen LogP contribution in [0.5, 0.6) is 23.0 Å². The minimum atomic E-state index is 0.282. The number of hydrogen-bond donors (Lipinski definition) is 5. The summed E-state index contributed by atoms with van der Waals surface area (Å²) in [4.78, 5) is 10.9. The van der Waals surface area contributed by atoms with Gasteiger partial charge in [0.2, 0.25) is 0 Å². The largest absolute Gasteiger partial charge is 0.508 e. The molecule has 93 heavy (non-hydrogen) atoms. The van der Waals surface area contributed by atoms with Gasteiger partial charge >= 0.3 is 0 Å². The van der Waals surface area contributed by atoms with Crippen molar-refractivity contribution in [2.75, 3.05) is 45.9 Å². The number of furan rings is 4. The first-order valence-electron chi connectivity index (χ1n) is 36.1. The van der Waals surface area contributed by atoms with E-state index < -0.39 is 0 Å². The zero-order valence-electron chi connectivity index (χ0n) is 54.2. The lowest BCUT2D eigenvalue weighted by atomic mass is 9.65. The van der Waals surface area contributed by atoms with Crippen LogP contribution in [0.25, 0.3) is 43.9 Å². The molecule has 9 aromatic rings. The quantitative estimate of drug-likeness (QED) is 0.111. The number of benzene rings is 5. The van der Waals surface area contributed by atoms with Gasteiger partial charge in [0.25, 0.3) is 0 Å². The Morgan fingerprint density at radius 1 is 0.419 bits per heavy atom. The Balaban J connectivity index is 0.0000000917. The summed E-state index contributed by atoms with van der Waals surface area (Å²) in [6.45, 7) is 12.0. The molecule has 0 amide bonds. The van der Waals surface area contributed by atoms with Gasteiger partial charge in [0, 0.05) is 150 Å². The molecule has 16 heterocycles. The van der Waals surface area contributed by atoms with E-state index in [-0.39, 0.29) is 6.61 Å². The molecule has 12 aliphatic heterocycles. The van der Waals surface area contributed by atoms with Gasteiger partial charge in [-0.25, -0.2) is 0 Å². The van der Waals surface area contributed by atoms with E-state index in [1.165, 1.54) is 148 Å². The molecule has 8 saturated heterocycles. The molecular weight excluding hydrogens is 1160 g/mol. The van der Waals surface area contributed by atoms with E-state index in [9.17, 15) is 25.5 Å². The van der Waals surface area contributed by atoms with Crippen LogP contribution in [-0.4, -0.2) is 127 Å². The second-order valence-corrected chi connectivity index (χ2v) is 30.9. The van der Waals surface area contributed by atoms with E-state index in [4.69, 9.17) is 17.7 Å². The molecule has 16 aliphatic rings. The summed E-state index contributed by atoms with van der Waals surface area (Å²) in [5.41, 5.74) is 10.6. The maximum Gasteiger partial charge on any atom is 0.134 e. The van der Waals surface area contributed by atoms with Crippen molar-refractivity contribution in [3.8, 4) is 23.0 Å². The van der Waals surface area contributed by atoms with E-state index in [1.54, 1.807) is 24.3 Å². The molecular formula is C80H92N4O9. The van der Waals surface area contributed by atoms with Crippen molar-refractivity contribution in [1.29, 1.82) is 0 Å². The number of nitrogens with zero attached hydrogens (tertiary/aromatic N) is 4. The molecule has 13 heteroatoms. The van der Waals surface area contributed by atoms with Crippen molar-refractivity contribution in [1.82, 2.24) is 19.6 Å². The van der Waals surface area contributed by atoms with E-state index in [0.717, 1.165) is 113 Å². The fourth-order valence-corrected chi connectivity index (χ4v) is 22.2. The number of piperidine rings is 8. The summed E-state index contributed by atoms with van der Waals surface area (Å²) in [5, 5.41) is 53.8. The lowest BCUT2D eigenvalue weighted by Gasteiger charge is -2.53. The molecule has 0 radical (unpaired) electrons. The van der Waals surface area contributed by atoms with E-state index in [1.807, 2.05) is 48.5 Å². The van der Waals surface area contributed by atoms with Crippen molar-refractivity contribution >= 4 is 43.9 Å². The number of aromatic hydroxyl groups is 4. The third-order valence-corrected chi connectivity index (χ3v) is 25.9. The van der Waals surface area contributed by atoms with Gasteiger partial charge in [-0.15, -0.1) is 0 Å². The van der Waals surface area contributed by atoms with Crippen molar-refractivity contribution in [2.45, 2.75) is 183 Å². The van der Waals surface area contributed by atoms with Crippen LogP contribution in [0.3, 0.4) is 0 Å². The van der Waals surface area contributed by atoms with Crippen molar-refractivity contribution in [2.24, 2.45) is 35.5 Å². The molecule has 4 saturated carbocycles. The zero-order chi connectivity index (χ0) is 62.5. The SMILES string of the molecule is CC[C@@H]1Cc2c(oc3ccc(O)cc23)C2CC3CCC2N1C3.CC[C@H]1Cc2c(oc3ccc(O)cc23)C2CC3CCC2N1C3.OCC1CC2CC3c4oc5ccc(O)cc5c4CCN(C2)C13.Oc1ccc2oc3c(c2c1)CCN1CC2CC(Cc4ccccc4)C1C3C2. The molecule has 18 unspecified atom stereocenters. The third kappa shape index (κ3) is 9.99. The lowest BCUT2D eigenvalue weighted by Crippen LogP contribution is -2.57. The number of hydrogen-bond acceptors (Lipinski definition) is 13. The number of phenolic OH excluding ortho intramolecular Hbond substituents is 4. The zero-order valence-corrected chi connectivity index (χ0v) is 54.2. The minimum Gasteiger partial charge on any atom is -0.508 e. The molecule has 20 atom stereocenters. The van der Waals surface area contributed by atoms with Crippen molar-refractivity contribution in [3.05, 3.63) is 154 Å². The standard InChI is InChI=1S/C24H25NO2.2C19H23NO2.C18H21NO3/c26-18-6-7-22-20(13-18)19-8-9-25-14-16-11-17(10-15-4-2-1-3-5-15)23(25)21(12-16)24(19)27-22;2*1-2-12-8-15-14-9-13(21)4-6-18(14)22-19(15)16-7-11-3-5-17(16)20(12)10-11;20-9-11-5-10-6-15-17(11)19(8-10)4-3-13-14-7-12(21)1-2-16(14)22-18(13)15/h1-7,13,16-17,21,23,26H,8-12,14H2;2*4,6,9,11-12,16-17,21H,2-3,5,7-8,10H2,1H3;1-2,7,10-11,15,17,20-21H,3-6,8-9H2/t;2*11?,12-,16?,17?;/m.10./s1. The highest BCUT2D eigenvalue weighted by atomic mass is 16.4. The Morgan fingerprint density at radius 3 is 1.24 bits per heavy atom. The summed E-state index contributed by atoms with van der Waals surface area (Å²) < 4.78 is 25.3. The van der Waals surface area contributed by atoms with E-state index in [2.05, 4.69) is 63.8 Å². The summed E-state index contributed by atoms with van der Waals surface area (Å²) in [6, 6.07) is 36.7. The highest BCUT2D eigenvalue weighted by Gasteiger charge is 2.53. The van der Waals surface area contributed by atoms with E-state index in [0.29, 0.717) is 101 Å². The van der Waals surface area contributed by atoms with E-state index >= 15 is 0 Å². The van der Waals surface area contributed by atoms with Gasteiger partial charge in [-0.1, -0.05) is 44.2 Å². The normalized spacial score (nSPS) is 35.0. The summed E-state index contributed by atoms with van der Waals surface area (Å²) in [7, 11) is 0. The summed E-state index contributed by atoms with van der Waals surface area (Å²) in [5.74, 6) is 12.4. The first kappa shape index (κ1) is 58.8. The average Bonchev–Trinajstić information content (AvgIpc) is 1.65. The monoisotopic (exact) mass is 1250 g/mol. The molecule has 0 spiro atoms. The van der Waals surface area contributed by atoms with Crippen LogP contribution in [0, 0.1) is 35.5 Å². The molecule has 4 aromatic heterocycles. The number of aliphatic hydroxyl groups excluding tert-OH is 1. The number of fused-ring (bicyclic) bond motifs is 16. The van der Waals surface area contributed by atoms with Crippen LogP contribution >= 0.6 is 0 Å². The van der Waals surface area contributed by atoms with Crippen molar-refractivity contribution < 1.29 is 43.2 Å². The first-order valence-corrected chi connectivity index (χ1v) is 36.1. The predicted molar refractivity (Wildman–Crippen MR) is 362 cm³/mol. The maximum absolute atomic E-state index is 9.97. The lowest BCUT2D eigenvalue weighted by molar-refractivity contribution is -0.0349. The molecule has 5 N–H and O–H groups in total. The Labute approximate surface area is 545 Å². The van der Waals surface area contributed by atoms with Crippen LogP contribution < -0.4 is 0 Å². The van der Waals surface area contributed by atoms with Gasteiger partial charge in [0.15, 0.2) is 0 Å². The first-order chi connectivity index (χ1) is 45.5. The third-order valence-electron chi connectivity index (χ3n) is 25.9. The van der Waals surface area contributed by atoms with Crippen LogP contribution in [0.1, 0.15) is 165 Å². The average molecular weight is 1250 g/mol. The Kier molecular flexibility index (Phi) is 14.7. The maximum atomic E-state index is 9.97. The molecule has 5 aromatic carbocycles. The fourth-order valence-electron chi connectivity index (χ4n) is 22.2. The van der Waals surface area contributed by atoms with Gasteiger partial charge in [-0.05, 0) is 223 Å². The molecule has 486 valence electrons. The Hall–Kier alpha value is -6.74. The molecule has 16 bridgehead atoms. The van der Waals surface area contributed by atoms with Crippen molar-refractivity contribution in [3.63, 3.8) is 0 Å². The Morgan fingerprint density at radius 2 is 0.817 bits per heavy atom. The van der Waals surface area contributed by atoms with Crippen LogP contribution in [0.2, 0.25) is 0 Å². The van der Waals surface area contributed by atoms with Crippen LogP contribution in [0.4, 0.5) is 0 Å². The smallest absolute Gasteiger partial charge is 0.134 e. The highest BCUT2D eigenvalue weighted by molar-refractivity contribution is 5.87. The number of aliphatic hydroxyl groups is 1. The van der Waals surface area contributed by atoms with Gasteiger partial charge < -0.3 is 43.2 Å². The summed E-state index contributed by atoms with van der Waals surface area (Å²) in [6.07, 6.45) is 20.7. The molecule has 13 nitrogen and oxygen atoms in total. The number of phenols is 4. The van der Waals surface area contributed by atoms with Gasteiger partial charge in [0.1, 0.15) is 68.4 Å². The van der Waals surface area contributed by atoms with Crippen LogP contribution in [-0.2, 0) is 32.1 Å². The molecule has 12 fully saturated rings. The fraction of sp³-hybridized carbons (Fsp3) is 0.525. The van der Waals surface area contributed by atoms with Crippen LogP contribution in [0.15, 0.2) is 121 Å². The Bertz CT molecular complexity index is 4150. The summed E-state index contributed by atoms with van der Waals surface area (Å²) >= 11 is 0. The highest BCUT2D eigenvalue weighted by Crippen LogP contribution is 2.56. The van der Waals surface area contributed by atoms with Gasteiger partial charge in [-0.3, -0.25) is 19.6 Å². The molecule has 4 aliphatic carbocycles. The molecule has 25 rings (SSSR count). The number of rotatable bonds is 5. The minimum absolute atomic E-state index is 0.282. The second kappa shape index (κ2) is 23.3. The predicted octanol–water partition coefficient (Wildman–Crippen LogP) is 15.3. The topological polar surface area (TPSA) is 167 Å².